The summed E-state index contributed by atoms with van der Waals surface area (Å²) in [4.78, 5) is 0. The number of nitrogens with zero attached hydrogens (tertiary/aromatic N) is 3. The summed E-state index contributed by atoms with van der Waals surface area (Å²) in [5.41, 5.74) is 1.89. The molecule has 1 aromatic carbocycles. The highest BCUT2D eigenvalue weighted by Gasteiger charge is 2.20. The monoisotopic (exact) mass is 245 g/mol. The molecule has 2 aromatic rings. The third-order valence-electron chi connectivity index (χ3n) is 2.86. The van der Waals surface area contributed by atoms with Gasteiger partial charge in [-0.1, -0.05) is 30.7 Å². The smallest absolute Gasteiger partial charge is 0.114 e. The van der Waals surface area contributed by atoms with Crippen molar-refractivity contribution in [1.82, 2.24) is 15.0 Å². The van der Waals surface area contributed by atoms with E-state index in [1.807, 2.05) is 12.1 Å². The Hall–Kier alpha value is -1.68. The minimum absolute atomic E-state index is 0.570. The van der Waals surface area contributed by atoms with Crippen molar-refractivity contribution in [3.8, 4) is 5.69 Å². The molecule has 0 saturated carbocycles. The molecule has 0 bridgehead atoms. The number of hydrogen-bond donors (Lipinski definition) is 1. The Morgan fingerprint density at radius 1 is 1.22 bits per heavy atom. The molecule has 96 valence electrons. The number of aromatic nitrogens is 3. The van der Waals surface area contributed by atoms with E-state index >= 15 is 0 Å². The van der Waals surface area contributed by atoms with Gasteiger partial charge in [-0.3, -0.25) is 0 Å². The lowest BCUT2D eigenvalue weighted by Gasteiger charge is -2.11. The number of rotatable bonds is 4. The van der Waals surface area contributed by atoms with Crippen LogP contribution in [0.5, 0.6) is 0 Å². The van der Waals surface area contributed by atoms with Gasteiger partial charge in [-0.25, -0.2) is 4.68 Å². The van der Waals surface area contributed by atoms with E-state index in [2.05, 4.69) is 29.4 Å². The van der Waals surface area contributed by atoms with Crippen LogP contribution < -0.4 is 0 Å². The SMILES string of the molecule is CCCc1ccc(-n2cc(C(C)(C)O)nn2)cc1. The lowest BCUT2D eigenvalue weighted by molar-refractivity contribution is 0.0737. The van der Waals surface area contributed by atoms with E-state index in [9.17, 15) is 5.11 Å². The molecule has 4 nitrogen and oxygen atoms in total. The first kappa shape index (κ1) is 12.8. The Labute approximate surface area is 107 Å². The Bertz CT molecular complexity index is 509. The first-order chi connectivity index (χ1) is 8.50. The Balaban J connectivity index is 2.23. The van der Waals surface area contributed by atoms with Crippen molar-refractivity contribution in [1.29, 1.82) is 0 Å². The predicted molar refractivity (Wildman–Crippen MR) is 70.6 cm³/mol. The van der Waals surface area contributed by atoms with Crippen molar-refractivity contribution in [3.05, 3.63) is 41.7 Å². The first-order valence-electron chi connectivity index (χ1n) is 6.25. The number of hydrogen-bond acceptors (Lipinski definition) is 3. The Morgan fingerprint density at radius 2 is 1.89 bits per heavy atom. The molecule has 0 saturated heterocycles. The highest BCUT2D eigenvalue weighted by atomic mass is 16.3. The summed E-state index contributed by atoms with van der Waals surface area (Å²) >= 11 is 0. The van der Waals surface area contributed by atoms with Crippen LogP contribution in [0.15, 0.2) is 30.5 Å². The largest absolute Gasteiger partial charge is 0.384 e. The fourth-order valence-corrected chi connectivity index (χ4v) is 1.77. The van der Waals surface area contributed by atoms with Gasteiger partial charge in [-0.2, -0.15) is 0 Å². The van der Waals surface area contributed by atoms with E-state index in [1.165, 1.54) is 5.56 Å². The van der Waals surface area contributed by atoms with Gasteiger partial charge in [0.2, 0.25) is 0 Å². The summed E-state index contributed by atoms with van der Waals surface area (Å²) in [5.74, 6) is 0. The number of aliphatic hydroxyl groups is 1. The van der Waals surface area contributed by atoms with Crippen molar-refractivity contribution in [2.75, 3.05) is 0 Å². The summed E-state index contributed by atoms with van der Waals surface area (Å²) < 4.78 is 1.68. The first-order valence-corrected chi connectivity index (χ1v) is 6.25. The normalized spacial score (nSPS) is 11.8. The number of benzene rings is 1. The van der Waals surface area contributed by atoms with Crippen LogP contribution in [-0.2, 0) is 12.0 Å². The van der Waals surface area contributed by atoms with Crippen molar-refractivity contribution in [2.45, 2.75) is 39.2 Å². The zero-order valence-corrected chi connectivity index (χ0v) is 11.1. The highest BCUT2D eigenvalue weighted by Crippen LogP contribution is 2.18. The van der Waals surface area contributed by atoms with E-state index in [0.29, 0.717) is 5.69 Å². The van der Waals surface area contributed by atoms with Gasteiger partial charge in [0.1, 0.15) is 11.3 Å². The van der Waals surface area contributed by atoms with E-state index < -0.39 is 5.60 Å². The second kappa shape index (κ2) is 4.90. The van der Waals surface area contributed by atoms with E-state index in [4.69, 9.17) is 0 Å². The van der Waals surface area contributed by atoms with Crippen LogP contribution in [0.4, 0.5) is 0 Å². The Kier molecular flexibility index (Phi) is 3.48. The third kappa shape index (κ3) is 2.76. The molecule has 0 spiro atoms. The minimum atomic E-state index is -0.958. The van der Waals surface area contributed by atoms with E-state index in [-0.39, 0.29) is 0 Å². The molecule has 1 N–H and O–H groups in total. The molecule has 0 amide bonds. The lowest BCUT2D eigenvalue weighted by Crippen LogP contribution is -2.15. The van der Waals surface area contributed by atoms with Gasteiger partial charge >= 0.3 is 0 Å². The van der Waals surface area contributed by atoms with Crippen molar-refractivity contribution >= 4 is 0 Å². The molecule has 4 heteroatoms. The molecule has 0 aliphatic rings. The van der Waals surface area contributed by atoms with E-state index in [1.54, 1.807) is 24.7 Å². The van der Waals surface area contributed by atoms with Gasteiger partial charge in [0, 0.05) is 0 Å². The maximum Gasteiger partial charge on any atom is 0.114 e. The second-order valence-electron chi connectivity index (χ2n) is 5.02. The van der Waals surface area contributed by atoms with Crippen LogP contribution in [0.3, 0.4) is 0 Å². The van der Waals surface area contributed by atoms with Crippen LogP contribution in [0.1, 0.15) is 38.4 Å². The average Bonchev–Trinajstić information content (AvgIpc) is 2.79. The molecule has 18 heavy (non-hydrogen) atoms. The Morgan fingerprint density at radius 3 is 2.39 bits per heavy atom. The zero-order chi connectivity index (χ0) is 13.2. The molecule has 0 atom stereocenters. The van der Waals surface area contributed by atoms with Gasteiger partial charge in [-0.05, 0) is 38.0 Å². The second-order valence-corrected chi connectivity index (χ2v) is 5.02. The number of aryl methyl sites for hydroxylation is 1. The molecule has 0 aliphatic heterocycles. The summed E-state index contributed by atoms with van der Waals surface area (Å²) in [5, 5.41) is 17.9. The van der Waals surface area contributed by atoms with Gasteiger partial charge < -0.3 is 5.11 Å². The topological polar surface area (TPSA) is 50.9 Å². The van der Waals surface area contributed by atoms with Gasteiger partial charge in [0.25, 0.3) is 0 Å². The predicted octanol–water partition coefficient (Wildman–Crippen LogP) is 2.45. The van der Waals surface area contributed by atoms with Crippen LogP contribution in [0.25, 0.3) is 5.69 Å². The standard InChI is InChI=1S/C14H19N3O/c1-4-5-11-6-8-12(9-7-11)17-10-13(15-16-17)14(2,3)18/h6-10,18H,4-5H2,1-3H3. The third-order valence-corrected chi connectivity index (χ3v) is 2.86. The van der Waals surface area contributed by atoms with Crippen LogP contribution in [-0.4, -0.2) is 20.1 Å². The van der Waals surface area contributed by atoms with Crippen LogP contribution >= 0.6 is 0 Å². The van der Waals surface area contributed by atoms with Crippen LogP contribution in [0.2, 0.25) is 0 Å². The van der Waals surface area contributed by atoms with Gasteiger partial charge in [0.15, 0.2) is 0 Å². The van der Waals surface area contributed by atoms with Gasteiger partial charge in [0.05, 0.1) is 11.9 Å². The van der Waals surface area contributed by atoms with E-state index in [0.717, 1.165) is 18.5 Å². The van der Waals surface area contributed by atoms with Gasteiger partial charge in [-0.15, -0.1) is 5.10 Å². The summed E-state index contributed by atoms with van der Waals surface area (Å²) in [6.07, 6.45) is 3.99. The quantitative estimate of drug-likeness (QED) is 0.900. The maximum absolute atomic E-state index is 9.85. The minimum Gasteiger partial charge on any atom is -0.384 e. The van der Waals surface area contributed by atoms with Crippen molar-refractivity contribution in [3.63, 3.8) is 0 Å². The van der Waals surface area contributed by atoms with Crippen LogP contribution in [0, 0.1) is 0 Å². The zero-order valence-electron chi connectivity index (χ0n) is 11.1. The highest BCUT2D eigenvalue weighted by molar-refractivity contribution is 5.34. The lowest BCUT2D eigenvalue weighted by atomic mass is 10.1. The molecule has 1 heterocycles. The molecule has 0 unspecified atom stereocenters. The van der Waals surface area contributed by atoms with Crippen molar-refractivity contribution < 1.29 is 5.11 Å². The van der Waals surface area contributed by atoms with Crippen molar-refractivity contribution in [2.24, 2.45) is 0 Å². The molecule has 0 aliphatic carbocycles. The summed E-state index contributed by atoms with van der Waals surface area (Å²) in [7, 11) is 0. The summed E-state index contributed by atoms with van der Waals surface area (Å²) in [6, 6.07) is 8.25. The summed E-state index contributed by atoms with van der Waals surface area (Å²) in [6.45, 7) is 5.57. The molecule has 0 radical (unpaired) electrons. The molecule has 1 aromatic heterocycles. The molecule has 2 rings (SSSR count). The average molecular weight is 245 g/mol. The fraction of sp³-hybridized carbons (Fsp3) is 0.429. The molecular weight excluding hydrogens is 226 g/mol. The maximum atomic E-state index is 9.85. The fourth-order valence-electron chi connectivity index (χ4n) is 1.77. The molecule has 0 fully saturated rings. The molecular formula is C14H19N3O.